The van der Waals surface area contributed by atoms with Crippen molar-refractivity contribution in [2.24, 2.45) is 5.73 Å². The Morgan fingerprint density at radius 1 is 0.448 bits per heavy atom. The molecule has 0 saturated heterocycles. The second kappa shape index (κ2) is 56.3. The minimum absolute atomic E-state index is 0.153. The minimum atomic E-state index is -0.718. The molecule has 5 N–H and O–H groups in total. The molecule has 0 fully saturated rings. The van der Waals surface area contributed by atoms with Crippen molar-refractivity contribution in [1.82, 2.24) is 16.0 Å². The predicted octanol–water partition coefficient (Wildman–Crippen LogP) is 4.68. The van der Waals surface area contributed by atoms with Crippen LogP contribution >= 0.6 is 0 Å². The van der Waals surface area contributed by atoms with E-state index in [-0.39, 0.29) is 24.9 Å². The van der Waals surface area contributed by atoms with E-state index in [2.05, 4.69) is 35.0 Å². The Labute approximate surface area is 404 Å². The number of ether oxygens (including phenoxy) is 11. The maximum Gasteiger partial charge on any atom is 0.242 e. The van der Waals surface area contributed by atoms with Gasteiger partial charge < -0.3 is 73.8 Å². The second-order valence-electron chi connectivity index (χ2n) is 15.9. The van der Waals surface area contributed by atoms with Crippen LogP contribution in [0.1, 0.15) is 116 Å². The lowest BCUT2D eigenvalue weighted by Gasteiger charge is -2.19. The van der Waals surface area contributed by atoms with Gasteiger partial charge in [0.15, 0.2) is 0 Å². The van der Waals surface area contributed by atoms with Crippen LogP contribution in [-0.2, 0) is 66.5 Å². The van der Waals surface area contributed by atoms with Crippen molar-refractivity contribution in [3.8, 4) is 0 Å². The molecule has 0 spiro atoms. The first-order valence-electron chi connectivity index (χ1n) is 25.5. The zero-order valence-electron chi connectivity index (χ0n) is 42.0. The number of rotatable bonds is 56. The molecule has 0 aliphatic rings. The second-order valence-corrected chi connectivity index (χ2v) is 15.9. The molecule has 0 bridgehead atoms. The molecule has 0 aromatic rings. The Balaban J connectivity index is 3.65. The van der Waals surface area contributed by atoms with E-state index in [1.165, 1.54) is 51.4 Å². The fourth-order valence-corrected chi connectivity index (χ4v) is 6.22. The van der Waals surface area contributed by atoms with Gasteiger partial charge in [0.05, 0.1) is 145 Å². The molecular weight excluding hydrogens is 869 g/mol. The highest BCUT2D eigenvalue weighted by Gasteiger charge is 2.20. The molecule has 3 amide bonds. The zero-order chi connectivity index (χ0) is 48.6. The van der Waals surface area contributed by atoms with Crippen LogP contribution in [-0.4, -0.2) is 189 Å². The van der Waals surface area contributed by atoms with Gasteiger partial charge in [-0.1, -0.05) is 70.4 Å². The number of amides is 3. The van der Waals surface area contributed by atoms with Crippen LogP contribution in [0.4, 0.5) is 0 Å². The van der Waals surface area contributed by atoms with Crippen molar-refractivity contribution in [2.45, 2.75) is 122 Å². The first-order valence-corrected chi connectivity index (χ1v) is 25.5. The Kier molecular flexibility index (Phi) is 54.3. The largest absolute Gasteiger partial charge is 0.382 e. The molecule has 0 saturated carbocycles. The van der Waals surface area contributed by atoms with E-state index >= 15 is 0 Å². The number of carbonyl (C=O) groups excluding carboxylic acids is 3. The molecule has 18 heteroatoms. The van der Waals surface area contributed by atoms with E-state index in [0.29, 0.717) is 165 Å². The van der Waals surface area contributed by atoms with Crippen LogP contribution in [0.3, 0.4) is 0 Å². The monoisotopic (exact) mass is 965 g/mol. The Hall–Kier alpha value is -2.33. The number of allylic oxidation sites excluding steroid dienone is 2. The highest BCUT2D eigenvalue weighted by atomic mass is 16.6. The first kappa shape index (κ1) is 64.7. The van der Waals surface area contributed by atoms with Crippen LogP contribution in [0.2, 0.25) is 0 Å². The maximum atomic E-state index is 12.9. The third-order valence-electron chi connectivity index (χ3n) is 10.0. The standard InChI is InChI=1S/C49H96N4O14/c1-3-4-5-6-7-8-9-10-11-12-13-14-15-16-17-21-47(54)52-45-48(55)53-46(20-18-19-22-50)49(56)51-23-24-58-27-28-60-31-32-62-35-36-64-39-40-66-43-44-67-42-41-65-38-37-63-34-33-61-30-29-59-26-25-57-2/h10-11,46H,3-9,12-45,50H2,1-2H3,(H,51,56)(H,52,54)(H,53,55)/b11-10+. The van der Waals surface area contributed by atoms with Gasteiger partial charge in [-0.2, -0.15) is 0 Å². The summed E-state index contributed by atoms with van der Waals surface area (Å²) in [7, 11) is 1.64. The molecule has 1 unspecified atom stereocenters. The third-order valence-corrected chi connectivity index (χ3v) is 10.0. The number of hydrogen-bond donors (Lipinski definition) is 4. The van der Waals surface area contributed by atoms with E-state index in [1.54, 1.807) is 7.11 Å². The van der Waals surface area contributed by atoms with Crippen LogP contribution in [0.25, 0.3) is 0 Å². The highest BCUT2D eigenvalue weighted by Crippen LogP contribution is 2.10. The third kappa shape index (κ3) is 52.9. The van der Waals surface area contributed by atoms with Gasteiger partial charge in [-0.15, -0.1) is 0 Å². The van der Waals surface area contributed by atoms with Gasteiger partial charge in [0.2, 0.25) is 17.7 Å². The molecule has 0 aliphatic carbocycles. The summed E-state index contributed by atoms with van der Waals surface area (Å²) in [5.74, 6) is -0.846. The Morgan fingerprint density at radius 2 is 0.836 bits per heavy atom. The van der Waals surface area contributed by atoms with Crippen molar-refractivity contribution >= 4 is 17.7 Å². The lowest BCUT2D eigenvalue weighted by atomic mass is 10.1. The summed E-state index contributed by atoms with van der Waals surface area (Å²) in [4.78, 5) is 37.8. The molecule has 1 atom stereocenters. The van der Waals surface area contributed by atoms with Crippen molar-refractivity contribution in [3.05, 3.63) is 12.2 Å². The summed E-state index contributed by atoms with van der Waals surface area (Å²) >= 11 is 0. The fourth-order valence-electron chi connectivity index (χ4n) is 6.22. The number of unbranched alkanes of at least 4 members (excludes halogenated alkanes) is 12. The number of nitrogens with one attached hydrogen (secondary N) is 3. The first-order chi connectivity index (χ1) is 33.0. The smallest absolute Gasteiger partial charge is 0.242 e. The number of hydrogen-bond acceptors (Lipinski definition) is 15. The van der Waals surface area contributed by atoms with Gasteiger partial charge in [0, 0.05) is 20.1 Å². The molecule has 0 heterocycles. The average molecular weight is 965 g/mol. The van der Waals surface area contributed by atoms with E-state index in [4.69, 9.17) is 57.8 Å². The summed E-state index contributed by atoms with van der Waals surface area (Å²) in [6.45, 7) is 12.9. The molecule has 0 radical (unpaired) electrons. The van der Waals surface area contributed by atoms with Gasteiger partial charge >= 0.3 is 0 Å². The van der Waals surface area contributed by atoms with Crippen LogP contribution in [0.5, 0.6) is 0 Å². The summed E-state index contributed by atoms with van der Waals surface area (Å²) in [5.41, 5.74) is 5.64. The molecule has 67 heavy (non-hydrogen) atoms. The number of methoxy groups -OCH3 is 1. The van der Waals surface area contributed by atoms with Crippen LogP contribution < -0.4 is 21.7 Å². The summed E-state index contributed by atoms with van der Waals surface area (Å²) < 4.78 is 59.7. The molecule has 0 aromatic carbocycles. The van der Waals surface area contributed by atoms with E-state index in [9.17, 15) is 14.4 Å². The Morgan fingerprint density at radius 3 is 1.25 bits per heavy atom. The zero-order valence-corrected chi connectivity index (χ0v) is 42.0. The molecule has 18 nitrogen and oxygen atoms in total. The molecule has 396 valence electrons. The van der Waals surface area contributed by atoms with Gasteiger partial charge in [0.25, 0.3) is 0 Å². The van der Waals surface area contributed by atoms with Gasteiger partial charge in [-0.3, -0.25) is 14.4 Å². The summed E-state index contributed by atoms with van der Waals surface area (Å²) in [6.07, 6.45) is 22.5. The summed E-state index contributed by atoms with van der Waals surface area (Å²) in [6, 6.07) is -0.718. The van der Waals surface area contributed by atoms with Gasteiger partial charge in [-0.25, -0.2) is 0 Å². The minimum Gasteiger partial charge on any atom is -0.382 e. The van der Waals surface area contributed by atoms with Crippen LogP contribution in [0, 0.1) is 0 Å². The van der Waals surface area contributed by atoms with Gasteiger partial charge in [-0.05, 0) is 57.9 Å². The average Bonchev–Trinajstić information content (AvgIpc) is 3.33. The maximum absolute atomic E-state index is 12.9. The molecule has 0 aromatic heterocycles. The summed E-state index contributed by atoms with van der Waals surface area (Å²) in [5, 5.41) is 8.28. The topological polar surface area (TPSA) is 215 Å². The number of carbonyl (C=O) groups is 3. The molecule has 0 aliphatic heterocycles. The number of nitrogens with two attached hydrogens (primary N) is 1. The quantitative estimate of drug-likeness (QED) is 0.0481. The molecular formula is C49H96N4O14. The SMILES string of the molecule is CCCCCCCC/C=C/CCCCCCCC(=O)NCC(=O)NC(CCCCN)C(=O)NCCOCCOCCOCCOCCOCCOCCOCCOCCOCCOCCOC. The fraction of sp³-hybridized carbons (Fsp3) is 0.898. The van der Waals surface area contributed by atoms with Crippen molar-refractivity contribution < 1.29 is 66.5 Å². The van der Waals surface area contributed by atoms with Gasteiger partial charge in [0.1, 0.15) is 6.04 Å². The normalized spacial score (nSPS) is 12.0. The lowest BCUT2D eigenvalue weighted by molar-refractivity contribution is -0.130. The highest BCUT2D eigenvalue weighted by molar-refractivity contribution is 5.90. The van der Waals surface area contributed by atoms with E-state index in [1.807, 2.05) is 0 Å². The van der Waals surface area contributed by atoms with Crippen LogP contribution in [0.15, 0.2) is 12.2 Å². The Bertz CT molecular complexity index is 1080. The molecule has 0 rings (SSSR count). The van der Waals surface area contributed by atoms with Crippen molar-refractivity contribution in [3.63, 3.8) is 0 Å². The van der Waals surface area contributed by atoms with E-state index in [0.717, 1.165) is 38.5 Å². The van der Waals surface area contributed by atoms with Crippen molar-refractivity contribution in [1.29, 1.82) is 0 Å². The van der Waals surface area contributed by atoms with E-state index < -0.39 is 11.9 Å². The van der Waals surface area contributed by atoms with Crippen molar-refractivity contribution in [2.75, 3.05) is 165 Å². The lowest BCUT2D eigenvalue weighted by Crippen LogP contribution is -2.50. The predicted molar refractivity (Wildman–Crippen MR) is 260 cm³/mol.